The standard InChI is InChI=1S/C10H8F3N3O/c1-6-14-9(17)16(15-6)8-5-3-2-4-7(8)10(11,12)13/h2-5H,1H3,(H,14,15,17). The molecule has 1 N–H and O–H groups in total. The molecule has 0 radical (unpaired) electrons. The summed E-state index contributed by atoms with van der Waals surface area (Å²) in [7, 11) is 0. The zero-order valence-electron chi connectivity index (χ0n) is 8.75. The minimum absolute atomic E-state index is 0.256. The molecule has 2 rings (SSSR count). The van der Waals surface area contributed by atoms with E-state index in [4.69, 9.17) is 0 Å². The second kappa shape index (κ2) is 3.76. The van der Waals surface area contributed by atoms with Gasteiger partial charge in [-0.3, -0.25) is 4.98 Å². The second-order valence-electron chi connectivity index (χ2n) is 3.44. The van der Waals surface area contributed by atoms with Crippen molar-refractivity contribution in [2.75, 3.05) is 0 Å². The predicted molar refractivity (Wildman–Crippen MR) is 53.9 cm³/mol. The Morgan fingerprint density at radius 1 is 1.29 bits per heavy atom. The summed E-state index contributed by atoms with van der Waals surface area (Å²) < 4.78 is 38.9. The average Bonchev–Trinajstić information content (AvgIpc) is 2.56. The average molecular weight is 243 g/mol. The minimum Gasteiger partial charge on any atom is -0.293 e. The molecule has 0 aliphatic rings. The molecule has 0 aliphatic heterocycles. The van der Waals surface area contributed by atoms with Crippen molar-refractivity contribution in [1.82, 2.24) is 14.8 Å². The van der Waals surface area contributed by atoms with Gasteiger partial charge in [-0.25, -0.2) is 4.79 Å². The summed E-state index contributed by atoms with van der Waals surface area (Å²) in [6, 6.07) is 4.79. The first-order chi connectivity index (χ1) is 7.89. The molecule has 7 heteroatoms. The highest BCUT2D eigenvalue weighted by Crippen LogP contribution is 2.32. The van der Waals surface area contributed by atoms with Crippen molar-refractivity contribution in [1.29, 1.82) is 0 Å². The molecule has 0 saturated carbocycles. The van der Waals surface area contributed by atoms with Crippen LogP contribution in [0.2, 0.25) is 0 Å². The zero-order valence-corrected chi connectivity index (χ0v) is 8.75. The van der Waals surface area contributed by atoms with Crippen LogP contribution in [-0.2, 0) is 6.18 Å². The maximum atomic E-state index is 12.7. The van der Waals surface area contributed by atoms with E-state index in [1.165, 1.54) is 25.1 Å². The summed E-state index contributed by atoms with van der Waals surface area (Å²) in [5.74, 6) is 0.256. The fourth-order valence-corrected chi connectivity index (χ4v) is 1.49. The normalized spacial score (nSPS) is 11.8. The van der Waals surface area contributed by atoms with Crippen LogP contribution in [0.5, 0.6) is 0 Å². The first-order valence-corrected chi connectivity index (χ1v) is 4.72. The highest BCUT2D eigenvalue weighted by atomic mass is 19.4. The molecule has 4 nitrogen and oxygen atoms in total. The number of nitrogens with zero attached hydrogens (tertiary/aromatic N) is 2. The van der Waals surface area contributed by atoms with E-state index in [1.807, 2.05) is 0 Å². The van der Waals surface area contributed by atoms with Crippen molar-refractivity contribution in [3.63, 3.8) is 0 Å². The molecule has 1 aromatic heterocycles. The van der Waals surface area contributed by atoms with Gasteiger partial charge in [0.2, 0.25) is 0 Å². The molecule has 0 unspecified atom stereocenters. The highest BCUT2D eigenvalue weighted by molar-refractivity contribution is 5.41. The minimum atomic E-state index is -4.52. The zero-order chi connectivity index (χ0) is 12.6. The molecule has 0 aliphatic carbocycles. The van der Waals surface area contributed by atoms with Crippen LogP contribution in [-0.4, -0.2) is 14.8 Å². The van der Waals surface area contributed by atoms with Gasteiger partial charge in [-0.1, -0.05) is 12.1 Å². The van der Waals surface area contributed by atoms with Crippen molar-refractivity contribution >= 4 is 0 Å². The van der Waals surface area contributed by atoms with E-state index in [1.54, 1.807) is 0 Å². The molecule has 1 heterocycles. The molecular weight excluding hydrogens is 235 g/mol. The van der Waals surface area contributed by atoms with Crippen LogP contribution < -0.4 is 5.69 Å². The van der Waals surface area contributed by atoms with Gasteiger partial charge in [-0.2, -0.15) is 23.0 Å². The molecule has 2 aromatic rings. The van der Waals surface area contributed by atoms with E-state index >= 15 is 0 Å². The number of alkyl halides is 3. The number of H-pyrrole nitrogens is 1. The van der Waals surface area contributed by atoms with E-state index in [0.29, 0.717) is 4.68 Å². The Kier molecular flexibility index (Phi) is 2.53. The number of hydrogen-bond donors (Lipinski definition) is 1. The molecule has 1 aromatic carbocycles. The van der Waals surface area contributed by atoms with E-state index in [2.05, 4.69) is 10.1 Å². The third-order valence-electron chi connectivity index (χ3n) is 2.17. The summed E-state index contributed by atoms with van der Waals surface area (Å²) in [5, 5.41) is 3.70. The van der Waals surface area contributed by atoms with Crippen molar-refractivity contribution in [2.45, 2.75) is 13.1 Å². The molecule has 0 saturated heterocycles. The summed E-state index contributed by atoms with van der Waals surface area (Å²) in [6.07, 6.45) is -4.52. The van der Waals surface area contributed by atoms with E-state index in [-0.39, 0.29) is 11.5 Å². The van der Waals surface area contributed by atoms with Gasteiger partial charge < -0.3 is 0 Å². The van der Waals surface area contributed by atoms with E-state index < -0.39 is 17.4 Å². The van der Waals surface area contributed by atoms with Crippen molar-refractivity contribution in [3.8, 4) is 5.69 Å². The molecule has 0 spiro atoms. The number of para-hydroxylation sites is 1. The van der Waals surface area contributed by atoms with Crippen LogP contribution >= 0.6 is 0 Å². The number of benzene rings is 1. The first kappa shape index (κ1) is 11.4. The lowest BCUT2D eigenvalue weighted by atomic mass is 10.2. The van der Waals surface area contributed by atoms with Gasteiger partial charge in [0, 0.05) is 0 Å². The second-order valence-corrected chi connectivity index (χ2v) is 3.44. The van der Waals surface area contributed by atoms with Crippen LogP contribution in [0.25, 0.3) is 5.69 Å². The molecule has 17 heavy (non-hydrogen) atoms. The van der Waals surface area contributed by atoms with Crippen LogP contribution in [0.3, 0.4) is 0 Å². The highest BCUT2D eigenvalue weighted by Gasteiger charge is 2.34. The van der Waals surface area contributed by atoms with Crippen molar-refractivity contribution in [2.24, 2.45) is 0 Å². The van der Waals surface area contributed by atoms with Gasteiger partial charge in [0.15, 0.2) is 0 Å². The monoisotopic (exact) mass is 243 g/mol. The third kappa shape index (κ3) is 2.08. The quantitative estimate of drug-likeness (QED) is 0.831. The largest absolute Gasteiger partial charge is 0.418 e. The Hall–Kier alpha value is -2.05. The Balaban J connectivity index is 2.68. The lowest BCUT2D eigenvalue weighted by molar-refractivity contribution is -0.137. The van der Waals surface area contributed by atoms with Crippen LogP contribution in [0.1, 0.15) is 11.4 Å². The maximum absolute atomic E-state index is 12.7. The van der Waals surface area contributed by atoms with Gasteiger partial charge >= 0.3 is 11.9 Å². The third-order valence-corrected chi connectivity index (χ3v) is 2.17. The number of hydrogen-bond acceptors (Lipinski definition) is 2. The fraction of sp³-hybridized carbons (Fsp3) is 0.200. The van der Waals surface area contributed by atoms with Gasteiger partial charge in [-0.05, 0) is 19.1 Å². The van der Waals surface area contributed by atoms with Gasteiger partial charge in [0.05, 0.1) is 11.3 Å². The number of nitrogens with one attached hydrogen (secondary N) is 1. The molecule has 0 fully saturated rings. The Morgan fingerprint density at radius 2 is 1.94 bits per heavy atom. The molecule has 0 atom stereocenters. The van der Waals surface area contributed by atoms with Crippen molar-refractivity contribution in [3.05, 3.63) is 46.1 Å². The van der Waals surface area contributed by atoms with E-state index in [0.717, 1.165) is 6.07 Å². The van der Waals surface area contributed by atoms with Gasteiger partial charge in [0.1, 0.15) is 5.82 Å². The molecule has 0 amide bonds. The maximum Gasteiger partial charge on any atom is 0.418 e. The summed E-state index contributed by atoms with van der Waals surface area (Å²) in [5.41, 5.74) is -1.87. The lowest BCUT2D eigenvalue weighted by Gasteiger charge is -2.11. The summed E-state index contributed by atoms with van der Waals surface area (Å²) in [6.45, 7) is 1.49. The Labute approximate surface area is 93.7 Å². The number of halogens is 3. The predicted octanol–water partition coefficient (Wildman–Crippen LogP) is 1.89. The number of aryl methyl sites for hydroxylation is 1. The first-order valence-electron chi connectivity index (χ1n) is 4.72. The Bertz CT molecular complexity index is 597. The van der Waals surface area contributed by atoms with Crippen LogP contribution in [0, 0.1) is 6.92 Å². The summed E-state index contributed by atoms with van der Waals surface area (Å²) in [4.78, 5) is 13.7. The smallest absolute Gasteiger partial charge is 0.293 e. The lowest BCUT2D eigenvalue weighted by Crippen LogP contribution is -2.20. The molecular formula is C10H8F3N3O. The van der Waals surface area contributed by atoms with Gasteiger partial charge in [0.25, 0.3) is 0 Å². The van der Waals surface area contributed by atoms with E-state index in [9.17, 15) is 18.0 Å². The van der Waals surface area contributed by atoms with Crippen molar-refractivity contribution < 1.29 is 13.2 Å². The topological polar surface area (TPSA) is 50.7 Å². The van der Waals surface area contributed by atoms with Crippen LogP contribution in [0.4, 0.5) is 13.2 Å². The summed E-state index contributed by atoms with van der Waals surface area (Å²) >= 11 is 0. The molecule has 0 bridgehead atoms. The Morgan fingerprint density at radius 3 is 2.47 bits per heavy atom. The van der Waals surface area contributed by atoms with Gasteiger partial charge in [-0.15, -0.1) is 0 Å². The van der Waals surface area contributed by atoms with Crippen LogP contribution in [0.15, 0.2) is 29.1 Å². The SMILES string of the molecule is Cc1nn(-c2ccccc2C(F)(F)F)c(=O)[nH]1. The number of aromatic nitrogens is 3. The number of aromatic amines is 1. The fourth-order valence-electron chi connectivity index (χ4n) is 1.49. The number of rotatable bonds is 1. The molecule has 90 valence electrons.